The molecule has 0 aliphatic carbocycles. The van der Waals surface area contributed by atoms with Crippen LogP contribution >= 0.6 is 11.6 Å². The van der Waals surface area contributed by atoms with Gasteiger partial charge in [0.05, 0.1) is 23.7 Å². The van der Waals surface area contributed by atoms with E-state index in [2.05, 4.69) is 10.6 Å². The van der Waals surface area contributed by atoms with Crippen LogP contribution in [0.3, 0.4) is 0 Å². The summed E-state index contributed by atoms with van der Waals surface area (Å²) in [4.78, 5) is 48.1. The summed E-state index contributed by atoms with van der Waals surface area (Å²) in [6, 6.07) is 3.59. The van der Waals surface area contributed by atoms with Crippen LogP contribution in [-0.2, 0) is 14.4 Å². The van der Waals surface area contributed by atoms with E-state index in [0.717, 1.165) is 0 Å². The van der Waals surface area contributed by atoms with E-state index in [9.17, 15) is 24.3 Å². The van der Waals surface area contributed by atoms with E-state index in [4.69, 9.17) is 11.6 Å². The minimum atomic E-state index is -0.645. The lowest BCUT2D eigenvalue weighted by Gasteiger charge is -2.23. The molecule has 0 saturated carbocycles. The van der Waals surface area contributed by atoms with E-state index < -0.39 is 17.9 Å². The second-order valence-corrected chi connectivity index (χ2v) is 5.86. The number of aldehydes is 1. The highest BCUT2D eigenvalue weighted by atomic mass is 35.5. The zero-order valence-electron chi connectivity index (χ0n) is 13.3. The number of hydrogen-bond donors (Lipinski definition) is 3. The fraction of sp³-hybridized carbons (Fsp3) is 0.375. The summed E-state index contributed by atoms with van der Waals surface area (Å²) in [6.45, 7) is -0.00681. The Morgan fingerprint density at radius 2 is 2.08 bits per heavy atom. The lowest BCUT2D eigenvalue weighted by molar-refractivity contribution is -0.137. The molecule has 134 valence electrons. The third-order valence-corrected chi connectivity index (χ3v) is 4.26. The number of benzene rings is 1. The first-order valence-electron chi connectivity index (χ1n) is 7.72. The number of phenols is 1. The average Bonchev–Trinajstić information content (AvgIpc) is 3.09. The molecule has 3 amide bonds. The Kier molecular flexibility index (Phi) is 6.35. The zero-order valence-corrected chi connectivity index (χ0v) is 14.1. The lowest BCUT2D eigenvalue weighted by Crippen LogP contribution is -2.49. The Morgan fingerprint density at radius 3 is 2.80 bits per heavy atom. The number of halogens is 1. The fourth-order valence-corrected chi connectivity index (χ4v) is 2.86. The van der Waals surface area contributed by atoms with Crippen molar-refractivity contribution >= 4 is 35.6 Å². The second kappa shape index (κ2) is 8.48. The fourth-order valence-electron chi connectivity index (χ4n) is 2.65. The maximum absolute atomic E-state index is 12.3. The molecule has 0 radical (unpaired) electrons. The summed E-state index contributed by atoms with van der Waals surface area (Å²) in [6.07, 6.45) is 1.73. The molecule has 1 atom stereocenters. The number of hydrogen-bond acceptors (Lipinski definition) is 5. The Morgan fingerprint density at radius 1 is 1.32 bits per heavy atom. The SMILES string of the molecule is O=CCNC(=O)[C@@H]1CCCN1C(=O)CNC(=O)c1cccc(O)c1Cl. The first-order chi connectivity index (χ1) is 12.0. The monoisotopic (exact) mass is 367 g/mol. The highest BCUT2D eigenvalue weighted by Gasteiger charge is 2.33. The van der Waals surface area contributed by atoms with Gasteiger partial charge in [0.1, 0.15) is 18.1 Å². The number of nitrogens with one attached hydrogen (secondary N) is 2. The topological polar surface area (TPSA) is 116 Å². The van der Waals surface area contributed by atoms with Crippen molar-refractivity contribution in [3.05, 3.63) is 28.8 Å². The molecule has 0 aromatic heterocycles. The zero-order chi connectivity index (χ0) is 18.4. The lowest BCUT2D eigenvalue weighted by atomic mass is 10.2. The van der Waals surface area contributed by atoms with Crippen LogP contribution < -0.4 is 10.6 Å². The van der Waals surface area contributed by atoms with E-state index in [1.165, 1.54) is 23.1 Å². The van der Waals surface area contributed by atoms with E-state index in [1.54, 1.807) is 0 Å². The van der Waals surface area contributed by atoms with Crippen molar-refractivity contribution in [2.24, 2.45) is 0 Å². The molecule has 1 aliphatic heterocycles. The van der Waals surface area contributed by atoms with Crippen LogP contribution in [-0.4, -0.2) is 59.7 Å². The predicted octanol–water partition coefficient (Wildman–Crippen LogP) is 0.0815. The minimum Gasteiger partial charge on any atom is -0.506 e. The molecule has 25 heavy (non-hydrogen) atoms. The number of carbonyl (C=O) groups is 4. The molecule has 8 nitrogen and oxygen atoms in total. The molecule has 1 aromatic carbocycles. The number of rotatable bonds is 6. The largest absolute Gasteiger partial charge is 0.506 e. The Labute approximate surface area is 149 Å². The standard InChI is InChI=1S/C16H18ClN3O5/c17-14-10(3-1-5-12(14)22)15(24)19-9-13(23)20-7-2-4-11(20)16(25)18-6-8-21/h1,3,5,8,11,22H,2,4,6-7,9H2,(H,18,25)(H,19,24)/t11-/m0/s1. The second-order valence-electron chi connectivity index (χ2n) is 5.48. The maximum atomic E-state index is 12.3. The van der Waals surface area contributed by atoms with Crippen LogP contribution in [0, 0.1) is 0 Å². The summed E-state index contributed by atoms with van der Waals surface area (Å²) < 4.78 is 0. The van der Waals surface area contributed by atoms with E-state index in [0.29, 0.717) is 25.7 Å². The molecular weight excluding hydrogens is 350 g/mol. The van der Waals surface area contributed by atoms with Crippen LogP contribution in [0.4, 0.5) is 0 Å². The van der Waals surface area contributed by atoms with Crippen LogP contribution in [0.15, 0.2) is 18.2 Å². The molecule has 1 saturated heterocycles. The van der Waals surface area contributed by atoms with Gasteiger partial charge >= 0.3 is 0 Å². The van der Waals surface area contributed by atoms with Crippen LogP contribution in [0.1, 0.15) is 23.2 Å². The number of nitrogens with zero attached hydrogens (tertiary/aromatic N) is 1. The third kappa shape index (κ3) is 4.48. The number of aromatic hydroxyl groups is 1. The Balaban J connectivity index is 1.95. The van der Waals surface area contributed by atoms with Gasteiger partial charge in [0.15, 0.2) is 0 Å². The van der Waals surface area contributed by atoms with E-state index in [-0.39, 0.29) is 35.3 Å². The van der Waals surface area contributed by atoms with Crippen molar-refractivity contribution < 1.29 is 24.3 Å². The van der Waals surface area contributed by atoms with Gasteiger partial charge in [-0.15, -0.1) is 0 Å². The Hall–Kier alpha value is -2.61. The van der Waals surface area contributed by atoms with Crippen LogP contribution in [0.2, 0.25) is 5.02 Å². The first kappa shape index (κ1) is 18.7. The van der Waals surface area contributed by atoms with Gasteiger partial charge in [0, 0.05) is 6.54 Å². The molecule has 0 unspecified atom stereocenters. The molecule has 0 spiro atoms. The molecule has 2 rings (SSSR count). The third-order valence-electron chi connectivity index (χ3n) is 3.86. The van der Waals surface area contributed by atoms with Crippen molar-refractivity contribution in [3.63, 3.8) is 0 Å². The Bertz CT molecular complexity index is 694. The summed E-state index contributed by atoms with van der Waals surface area (Å²) in [5.74, 6) is -1.63. The molecule has 1 aliphatic rings. The van der Waals surface area contributed by atoms with Crippen LogP contribution in [0.25, 0.3) is 0 Å². The molecule has 1 heterocycles. The smallest absolute Gasteiger partial charge is 0.253 e. The van der Waals surface area contributed by atoms with Crippen molar-refractivity contribution in [3.8, 4) is 5.75 Å². The van der Waals surface area contributed by atoms with Gasteiger partial charge in [0.25, 0.3) is 5.91 Å². The van der Waals surface area contributed by atoms with Gasteiger partial charge in [0.2, 0.25) is 11.8 Å². The average molecular weight is 368 g/mol. The summed E-state index contributed by atoms with van der Waals surface area (Å²) in [7, 11) is 0. The summed E-state index contributed by atoms with van der Waals surface area (Å²) in [5, 5.41) is 14.3. The van der Waals surface area contributed by atoms with Crippen molar-refractivity contribution in [2.45, 2.75) is 18.9 Å². The van der Waals surface area contributed by atoms with E-state index >= 15 is 0 Å². The highest BCUT2D eigenvalue weighted by molar-refractivity contribution is 6.35. The number of amides is 3. The molecule has 1 aromatic rings. The van der Waals surface area contributed by atoms with Gasteiger partial charge < -0.3 is 25.4 Å². The minimum absolute atomic E-state index is 0.0520. The van der Waals surface area contributed by atoms with Crippen molar-refractivity contribution in [2.75, 3.05) is 19.6 Å². The predicted molar refractivity (Wildman–Crippen MR) is 89.3 cm³/mol. The van der Waals surface area contributed by atoms with Crippen molar-refractivity contribution in [1.82, 2.24) is 15.5 Å². The number of phenolic OH excluding ortho intramolecular Hbond substituents is 1. The number of likely N-dealkylation sites (tertiary alicyclic amines) is 1. The van der Waals surface area contributed by atoms with Crippen molar-refractivity contribution in [1.29, 1.82) is 0 Å². The summed E-state index contributed by atoms with van der Waals surface area (Å²) >= 11 is 5.86. The first-order valence-corrected chi connectivity index (χ1v) is 8.10. The maximum Gasteiger partial charge on any atom is 0.253 e. The van der Waals surface area contributed by atoms with Crippen LogP contribution in [0.5, 0.6) is 5.75 Å². The normalized spacial score (nSPS) is 16.4. The van der Waals surface area contributed by atoms with Gasteiger partial charge in [-0.25, -0.2) is 0 Å². The quantitative estimate of drug-likeness (QED) is 0.616. The molecule has 0 bridgehead atoms. The molecule has 9 heteroatoms. The molecule has 3 N–H and O–H groups in total. The van der Waals surface area contributed by atoms with Gasteiger partial charge in [-0.05, 0) is 25.0 Å². The molecule has 1 fully saturated rings. The highest BCUT2D eigenvalue weighted by Crippen LogP contribution is 2.26. The van der Waals surface area contributed by atoms with Gasteiger partial charge in [-0.2, -0.15) is 0 Å². The molecular formula is C16H18ClN3O5. The van der Waals surface area contributed by atoms with Gasteiger partial charge in [-0.1, -0.05) is 17.7 Å². The van der Waals surface area contributed by atoms with Gasteiger partial charge in [-0.3, -0.25) is 14.4 Å². The summed E-state index contributed by atoms with van der Waals surface area (Å²) in [5.41, 5.74) is 0.0520. The van der Waals surface area contributed by atoms with E-state index in [1.807, 2.05) is 0 Å². The number of carbonyl (C=O) groups excluding carboxylic acids is 4.